The number of ether oxygens (including phenoxy) is 1. The molecule has 0 aromatic carbocycles. The Morgan fingerprint density at radius 2 is 2.21 bits per heavy atom. The van der Waals surface area contributed by atoms with E-state index in [1.807, 2.05) is 9.47 Å². The quantitative estimate of drug-likeness (QED) is 0.636. The molecule has 4 heterocycles. The Hall–Kier alpha value is -1.71. The van der Waals surface area contributed by atoms with Crippen LogP contribution in [0.15, 0.2) is 6.33 Å². The highest BCUT2D eigenvalue weighted by molar-refractivity contribution is 5.89. The zero-order valence-electron chi connectivity index (χ0n) is 16.9. The van der Waals surface area contributed by atoms with Crippen molar-refractivity contribution < 1.29 is 14.3 Å². The summed E-state index contributed by atoms with van der Waals surface area (Å²) in [6.07, 6.45) is 5.83. The lowest BCUT2D eigenvalue weighted by Gasteiger charge is -2.53. The van der Waals surface area contributed by atoms with Crippen molar-refractivity contribution >= 4 is 24.2 Å². The maximum Gasteiger partial charge on any atom is 0.243 e. The smallest absolute Gasteiger partial charge is 0.243 e. The van der Waals surface area contributed by atoms with Gasteiger partial charge < -0.3 is 24.8 Å². The van der Waals surface area contributed by atoms with Gasteiger partial charge in [-0.25, -0.2) is 0 Å². The first-order valence-electron chi connectivity index (χ1n) is 10.3. The predicted molar refractivity (Wildman–Crippen MR) is 109 cm³/mol. The number of nitrogens with zero attached hydrogens (tertiary/aromatic N) is 4. The third kappa shape index (κ3) is 4.57. The molecule has 4 atom stereocenters. The van der Waals surface area contributed by atoms with Crippen molar-refractivity contribution in [1.29, 1.82) is 0 Å². The molecule has 3 aliphatic rings. The van der Waals surface area contributed by atoms with Crippen LogP contribution in [0.1, 0.15) is 31.5 Å². The molecule has 4 rings (SSSR count). The van der Waals surface area contributed by atoms with Gasteiger partial charge in [-0.15, -0.1) is 22.6 Å². The first kappa shape index (κ1) is 22.0. The third-order valence-corrected chi connectivity index (χ3v) is 6.39. The molecule has 10 heteroatoms. The van der Waals surface area contributed by atoms with Gasteiger partial charge in [0.05, 0.1) is 6.61 Å². The summed E-state index contributed by atoms with van der Waals surface area (Å²) >= 11 is 0. The lowest BCUT2D eigenvalue weighted by molar-refractivity contribution is -0.157. The van der Waals surface area contributed by atoms with Gasteiger partial charge in [0.2, 0.25) is 11.8 Å². The van der Waals surface area contributed by atoms with E-state index in [0.717, 1.165) is 38.2 Å². The number of rotatable bonds is 7. The Labute approximate surface area is 177 Å². The molecular weight excluding hydrogens is 396 g/mol. The highest BCUT2D eigenvalue weighted by Crippen LogP contribution is 2.39. The Morgan fingerprint density at radius 1 is 1.38 bits per heavy atom. The molecule has 3 aliphatic heterocycles. The molecule has 0 radical (unpaired) electrons. The summed E-state index contributed by atoms with van der Waals surface area (Å²) in [7, 11) is 1.66. The summed E-state index contributed by atoms with van der Waals surface area (Å²) in [5.41, 5.74) is 0. The fourth-order valence-electron chi connectivity index (χ4n) is 5.10. The van der Waals surface area contributed by atoms with Crippen molar-refractivity contribution in [3.63, 3.8) is 0 Å². The first-order chi connectivity index (χ1) is 13.7. The van der Waals surface area contributed by atoms with Gasteiger partial charge in [0.15, 0.2) is 0 Å². The van der Waals surface area contributed by atoms with E-state index in [2.05, 4.69) is 20.8 Å². The standard InChI is InChI=1S/C19H30N6O3.ClH/c1-28-8-7-24-12-22-23-16(24)5-6-21-19(27)18-14-9-13(10-20-11-14)15-3-2-4-17(26)25(15)18;/h12-15,18,20H,2-11H2,1H3,(H,21,27);1H/t13-,14+,15+,18-;/m1./s1. The number of methoxy groups -OCH3 is 1. The minimum atomic E-state index is -0.354. The van der Waals surface area contributed by atoms with Crippen LogP contribution in [0, 0.1) is 11.8 Å². The molecule has 0 saturated carbocycles. The van der Waals surface area contributed by atoms with Gasteiger partial charge in [0.1, 0.15) is 18.2 Å². The van der Waals surface area contributed by atoms with E-state index in [4.69, 9.17) is 4.74 Å². The molecule has 1 aromatic rings. The molecular formula is C19H31ClN6O3. The van der Waals surface area contributed by atoms with Crippen molar-refractivity contribution in [3.05, 3.63) is 12.2 Å². The summed E-state index contributed by atoms with van der Waals surface area (Å²) in [5, 5.41) is 14.6. The summed E-state index contributed by atoms with van der Waals surface area (Å²) in [4.78, 5) is 27.7. The van der Waals surface area contributed by atoms with Gasteiger partial charge in [-0.05, 0) is 31.7 Å². The number of halogens is 1. The second kappa shape index (κ2) is 9.86. The van der Waals surface area contributed by atoms with Crippen LogP contribution in [0.2, 0.25) is 0 Å². The second-order valence-corrected chi connectivity index (χ2v) is 8.09. The number of nitrogens with one attached hydrogen (secondary N) is 2. The third-order valence-electron chi connectivity index (χ3n) is 6.39. The molecule has 0 aliphatic carbocycles. The zero-order chi connectivity index (χ0) is 19.5. The molecule has 162 valence electrons. The topological polar surface area (TPSA) is 101 Å². The molecule has 2 amide bonds. The Balaban J connectivity index is 0.00000240. The van der Waals surface area contributed by atoms with Gasteiger partial charge in [-0.1, -0.05) is 0 Å². The van der Waals surface area contributed by atoms with Crippen LogP contribution in [-0.2, 0) is 27.3 Å². The summed E-state index contributed by atoms with van der Waals surface area (Å²) < 4.78 is 7.04. The minimum Gasteiger partial charge on any atom is -0.383 e. The van der Waals surface area contributed by atoms with Crippen LogP contribution in [-0.4, -0.2) is 76.9 Å². The maximum atomic E-state index is 13.1. The zero-order valence-corrected chi connectivity index (χ0v) is 17.7. The van der Waals surface area contributed by atoms with Crippen LogP contribution in [0.5, 0.6) is 0 Å². The van der Waals surface area contributed by atoms with Gasteiger partial charge in [0.25, 0.3) is 0 Å². The van der Waals surface area contributed by atoms with Gasteiger partial charge in [-0.3, -0.25) is 9.59 Å². The number of hydrogen-bond acceptors (Lipinski definition) is 6. The fourth-order valence-corrected chi connectivity index (χ4v) is 5.10. The van der Waals surface area contributed by atoms with Crippen molar-refractivity contribution in [2.45, 2.75) is 50.7 Å². The molecule has 2 bridgehead atoms. The Bertz CT molecular complexity index is 714. The highest BCUT2D eigenvalue weighted by Gasteiger charge is 2.50. The normalized spacial score (nSPS) is 28.4. The Morgan fingerprint density at radius 3 is 3.03 bits per heavy atom. The van der Waals surface area contributed by atoms with Crippen LogP contribution < -0.4 is 10.6 Å². The van der Waals surface area contributed by atoms with E-state index in [9.17, 15) is 9.59 Å². The van der Waals surface area contributed by atoms with Crippen LogP contribution in [0.4, 0.5) is 0 Å². The molecule has 0 spiro atoms. The SMILES string of the molecule is COCCn1cnnc1CCNC(=O)[C@H]1[C@@H]2CNC[C@@H](C2)[C@@H]2CCCC(=O)N21.Cl. The number of amides is 2. The summed E-state index contributed by atoms with van der Waals surface area (Å²) in [6.45, 7) is 3.52. The van der Waals surface area contributed by atoms with Crippen molar-refractivity contribution in [2.75, 3.05) is 33.4 Å². The van der Waals surface area contributed by atoms with E-state index in [1.54, 1.807) is 13.4 Å². The average Bonchev–Trinajstić information content (AvgIpc) is 3.15. The lowest BCUT2D eigenvalue weighted by Crippen LogP contribution is -2.68. The fraction of sp³-hybridized carbons (Fsp3) is 0.789. The van der Waals surface area contributed by atoms with Crippen molar-refractivity contribution in [3.8, 4) is 0 Å². The van der Waals surface area contributed by atoms with E-state index >= 15 is 0 Å². The van der Waals surface area contributed by atoms with E-state index in [-0.39, 0.29) is 42.2 Å². The van der Waals surface area contributed by atoms with Crippen LogP contribution in [0.25, 0.3) is 0 Å². The molecule has 29 heavy (non-hydrogen) atoms. The van der Waals surface area contributed by atoms with Gasteiger partial charge in [0, 0.05) is 51.5 Å². The average molecular weight is 427 g/mol. The monoisotopic (exact) mass is 426 g/mol. The van der Waals surface area contributed by atoms with Crippen molar-refractivity contribution in [1.82, 2.24) is 30.3 Å². The summed E-state index contributed by atoms with van der Waals surface area (Å²) in [5.74, 6) is 1.61. The molecule has 3 saturated heterocycles. The molecule has 0 unspecified atom stereocenters. The second-order valence-electron chi connectivity index (χ2n) is 8.09. The maximum absolute atomic E-state index is 13.1. The number of carbonyl (C=O) groups is 2. The van der Waals surface area contributed by atoms with E-state index in [1.165, 1.54) is 0 Å². The van der Waals surface area contributed by atoms with Crippen LogP contribution >= 0.6 is 12.4 Å². The number of carbonyl (C=O) groups excluding carboxylic acids is 2. The lowest BCUT2D eigenvalue weighted by atomic mass is 9.72. The minimum absolute atomic E-state index is 0. The number of fused-ring (bicyclic) bond motifs is 4. The van der Waals surface area contributed by atoms with Gasteiger partial charge >= 0.3 is 0 Å². The van der Waals surface area contributed by atoms with Crippen molar-refractivity contribution in [2.24, 2.45) is 11.8 Å². The largest absolute Gasteiger partial charge is 0.383 e. The number of aromatic nitrogens is 3. The van der Waals surface area contributed by atoms with Crippen LogP contribution in [0.3, 0.4) is 0 Å². The van der Waals surface area contributed by atoms with Gasteiger partial charge in [-0.2, -0.15) is 0 Å². The highest BCUT2D eigenvalue weighted by atomic mass is 35.5. The predicted octanol–water partition coefficient (Wildman–Crippen LogP) is -0.00600. The first-order valence-corrected chi connectivity index (χ1v) is 10.3. The van der Waals surface area contributed by atoms with E-state index < -0.39 is 0 Å². The number of piperidine rings is 3. The molecule has 3 fully saturated rings. The molecule has 1 aromatic heterocycles. The number of hydrogen-bond donors (Lipinski definition) is 2. The molecule has 9 nitrogen and oxygen atoms in total. The van der Waals surface area contributed by atoms with E-state index in [0.29, 0.717) is 38.5 Å². The summed E-state index contributed by atoms with van der Waals surface area (Å²) in [6, 6.07) is -0.147. The molecule has 2 N–H and O–H groups in total. The Kier molecular flexibility index (Phi) is 7.48.